The second kappa shape index (κ2) is 6.42. The lowest BCUT2D eigenvalue weighted by Crippen LogP contribution is -2.44. The van der Waals surface area contributed by atoms with Crippen molar-refractivity contribution in [2.75, 3.05) is 6.54 Å². The molecule has 0 fully saturated rings. The quantitative estimate of drug-likeness (QED) is 0.727. The summed E-state index contributed by atoms with van der Waals surface area (Å²) in [7, 11) is 0. The predicted octanol–water partition coefficient (Wildman–Crippen LogP) is 2.16. The number of rotatable bonds is 2. The van der Waals surface area contributed by atoms with E-state index in [9.17, 15) is 8.78 Å². The van der Waals surface area contributed by atoms with Gasteiger partial charge < -0.3 is 16.0 Å². The van der Waals surface area contributed by atoms with Crippen LogP contribution in [0.2, 0.25) is 0 Å². The fourth-order valence-corrected chi connectivity index (χ4v) is 3.52. The van der Waals surface area contributed by atoms with E-state index >= 15 is 0 Å². The largest absolute Gasteiger partial charge is 0.361 e. The van der Waals surface area contributed by atoms with Gasteiger partial charge in [0.1, 0.15) is 17.1 Å². The number of benzene rings is 1. The highest BCUT2D eigenvalue weighted by molar-refractivity contribution is 7.80. The maximum absolute atomic E-state index is 13.7. The van der Waals surface area contributed by atoms with Gasteiger partial charge in [-0.05, 0) is 36.5 Å². The normalized spacial score (nSPS) is 24.0. The van der Waals surface area contributed by atoms with Gasteiger partial charge in [-0.3, -0.25) is 0 Å². The van der Waals surface area contributed by atoms with Gasteiger partial charge in [0.05, 0.1) is 0 Å². The van der Waals surface area contributed by atoms with Gasteiger partial charge in [-0.25, -0.2) is 8.78 Å². The Hall–Kier alpha value is -0.980. The van der Waals surface area contributed by atoms with Crippen LogP contribution in [-0.2, 0) is 12.8 Å². The van der Waals surface area contributed by atoms with Crippen LogP contribution >= 0.6 is 25.0 Å². The molecule has 3 N–H and O–H groups in total. The van der Waals surface area contributed by atoms with Gasteiger partial charge in [0.25, 0.3) is 0 Å². The molecule has 1 aliphatic heterocycles. The Morgan fingerprint density at radius 2 is 2.14 bits per heavy atom. The SMILES string of the molecule is Cl.NCC1=CN[C@@H](S)N1[C@@H]1CCc2c(F)cc(F)cc2C1. The van der Waals surface area contributed by atoms with Crippen LogP contribution in [0.4, 0.5) is 8.78 Å². The third-order valence-corrected chi connectivity index (χ3v) is 4.43. The molecule has 3 nitrogen and oxygen atoms in total. The van der Waals surface area contributed by atoms with Crippen LogP contribution < -0.4 is 11.1 Å². The van der Waals surface area contributed by atoms with Gasteiger partial charge in [0, 0.05) is 30.5 Å². The number of nitrogens with zero attached hydrogens (tertiary/aromatic N) is 1. The minimum absolute atomic E-state index is 0. The summed E-state index contributed by atoms with van der Waals surface area (Å²) >= 11 is 4.48. The highest BCUT2D eigenvalue weighted by atomic mass is 35.5. The lowest BCUT2D eigenvalue weighted by molar-refractivity contribution is 0.222. The van der Waals surface area contributed by atoms with Crippen LogP contribution in [0, 0.1) is 11.6 Å². The summed E-state index contributed by atoms with van der Waals surface area (Å²) in [5.41, 5.74) is 7.98. The van der Waals surface area contributed by atoms with Crippen LogP contribution in [0.5, 0.6) is 0 Å². The molecule has 7 heteroatoms. The number of fused-ring (bicyclic) bond motifs is 1. The highest BCUT2D eigenvalue weighted by Crippen LogP contribution is 2.31. The van der Waals surface area contributed by atoms with E-state index in [0.717, 1.165) is 23.7 Å². The molecule has 116 valence electrons. The second-order valence-electron chi connectivity index (χ2n) is 5.21. The molecule has 0 saturated heterocycles. The number of hydrogen-bond acceptors (Lipinski definition) is 4. The average Bonchev–Trinajstić information content (AvgIpc) is 2.78. The Balaban J connectivity index is 0.00000161. The Kier molecular flexibility index (Phi) is 5.01. The van der Waals surface area contributed by atoms with Gasteiger partial charge in [-0.2, -0.15) is 0 Å². The molecule has 2 aliphatic rings. The summed E-state index contributed by atoms with van der Waals surface area (Å²) in [6.07, 6.45) is 3.89. The summed E-state index contributed by atoms with van der Waals surface area (Å²) in [4.78, 5) is 2.11. The highest BCUT2D eigenvalue weighted by Gasteiger charge is 2.32. The Labute approximate surface area is 134 Å². The molecule has 0 aromatic heterocycles. The zero-order valence-corrected chi connectivity index (χ0v) is 13.1. The molecule has 21 heavy (non-hydrogen) atoms. The summed E-state index contributed by atoms with van der Waals surface area (Å²) in [6.45, 7) is 0.422. The molecule has 1 heterocycles. The monoisotopic (exact) mass is 333 g/mol. The van der Waals surface area contributed by atoms with E-state index in [1.54, 1.807) is 0 Å². The number of thiol groups is 1. The Bertz CT molecular complexity index is 567. The lowest BCUT2D eigenvalue weighted by Gasteiger charge is -2.37. The number of nitrogens with one attached hydrogen (secondary N) is 1. The molecular weight excluding hydrogens is 316 g/mol. The van der Waals surface area contributed by atoms with Gasteiger partial charge in [-0.1, -0.05) is 0 Å². The summed E-state index contributed by atoms with van der Waals surface area (Å²) < 4.78 is 27.1. The predicted molar refractivity (Wildman–Crippen MR) is 84.3 cm³/mol. The average molecular weight is 334 g/mol. The molecule has 0 bridgehead atoms. The van der Waals surface area contributed by atoms with Crippen molar-refractivity contribution in [2.45, 2.75) is 30.8 Å². The van der Waals surface area contributed by atoms with Crippen molar-refractivity contribution < 1.29 is 8.78 Å². The van der Waals surface area contributed by atoms with E-state index in [1.165, 1.54) is 6.07 Å². The fourth-order valence-electron chi connectivity index (χ4n) is 3.10. The van der Waals surface area contributed by atoms with Crippen molar-refractivity contribution in [1.82, 2.24) is 10.2 Å². The molecule has 0 amide bonds. The molecule has 0 unspecified atom stereocenters. The van der Waals surface area contributed by atoms with E-state index in [4.69, 9.17) is 5.73 Å². The first-order valence-electron chi connectivity index (χ1n) is 6.68. The second-order valence-corrected chi connectivity index (χ2v) is 5.70. The number of halogens is 3. The first-order chi connectivity index (χ1) is 9.60. The van der Waals surface area contributed by atoms with Crippen LogP contribution in [0.1, 0.15) is 17.5 Å². The van der Waals surface area contributed by atoms with E-state index in [0.29, 0.717) is 24.9 Å². The molecule has 0 saturated carbocycles. The van der Waals surface area contributed by atoms with Crippen LogP contribution in [0.3, 0.4) is 0 Å². The topological polar surface area (TPSA) is 41.3 Å². The van der Waals surface area contributed by atoms with Crippen molar-refractivity contribution in [1.29, 1.82) is 0 Å². The zero-order chi connectivity index (χ0) is 14.3. The molecule has 0 spiro atoms. The van der Waals surface area contributed by atoms with Crippen molar-refractivity contribution in [2.24, 2.45) is 5.73 Å². The number of hydrogen-bond donors (Lipinski definition) is 3. The molecular formula is C14H18ClF2N3S. The van der Waals surface area contributed by atoms with Gasteiger partial charge in [-0.15, -0.1) is 25.0 Å². The van der Waals surface area contributed by atoms with E-state index in [1.807, 2.05) is 6.20 Å². The third-order valence-electron chi connectivity index (χ3n) is 4.03. The summed E-state index contributed by atoms with van der Waals surface area (Å²) in [6, 6.07) is 2.56. The van der Waals surface area contributed by atoms with Crippen LogP contribution in [0.25, 0.3) is 0 Å². The third kappa shape index (κ3) is 2.98. The molecule has 0 radical (unpaired) electrons. The zero-order valence-electron chi connectivity index (χ0n) is 11.4. The standard InChI is InChI=1S/C14H17F2N3S.ClH/c15-9-3-8-4-10(1-2-12(8)13(16)5-9)19-11(6-17)7-18-14(19)20;/h3,5,7,10,14,18,20H,1-2,4,6,17H2;1H/t10-,14-;/m1./s1. The fraction of sp³-hybridized carbons (Fsp3) is 0.429. The van der Waals surface area contributed by atoms with E-state index in [2.05, 4.69) is 22.8 Å². The van der Waals surface area contributed by atoms with Gasteiger partial charge >= 0.3 is 0 Å². The molecule has 1 aromatic carbocycles. The minimum Gasteiger partial charge on any atom is -0.361 e. The molecule has 1 aromatic rings. The smallest absolute Gasteiger partial charge is 0.145 e. The van der Waals surface area contributed by atoms with Crippen molar-refractivity contribution >= 4 is 25.0 Å². The lowest BCUT2D eigenvalue weighted by atomic mass is 9.87. The van der Waals surface area contributed by atoms with Gasteiger partial charge in [0.15, 0.2) is 0 Å². The van der Waals surface area contributed by atoms with Crippen LogP contribution in [-0.4, -0.2) is 23.0 Å². The maximum atomic E-state index is 13.7. The molecule has 1 aliphatic carbocycles. The van der Waals surface area contributed by atoms with E-state index < -0.39 is 11.6 Å². The first kappa shape index (κ1) is 16.4. The minimum atomic E-state index is -0.515. The first-order valence-corrected chi connectivity index (χ1v) is 7.20. The summed E-state index contributed by atoms with van der Waals surface area (Å²) in [5.74, 6) is -0.950. The van der Waals surface area contributed by atoms with Crippen molar-refractivity contribution in [3.8, 4) is 0 Å². The summed E-state index contributed by atoms with van der Waals surface area (Å²) in [5, 5.41) is 3.11. The number of nitrogens with two attached hydrogens (primary N) is 1. The Morgan fingerprint density at radius 3 is 2.86 bits per heavy atom. The van der Waals surface area contributed by atoms with Crippen LogP contribution in [0.15, 0.2) is 24.0 Å². The molecule has 2 atom stereocenters. The maximum Gasteiger partial charge on any atom is 0.145 e. The molecule has 3 rings (SSSR count). The van der Waals surface area contributed by atoms with E-state index in [-0.39, 0.29) is 23.9 Å². The Morgan fingerprint density at radius 1 is 1.38 bits per heavy atom. The van der Waals surface area contributed by atoms with Crippen molar-refractivity contribution in [3.63, 3.8) is 0 Å². The van der Waals surface area contributed by atoms with Crippen molar-refractivity contribution in [3.05, 3.63) is 46.8 Å². The van der Waals surface area contributed by atoms with Gasteiger partial charge in [0.2, 0.25) is 0 Å².